The second kappa shape index (κ2) is 10.9. The van der Waals surface area contributed by atoms with Crippen LogP contribution in [0.1, 0.15) is 0 Å². The second-order valence-electron chi connectivity index (χ2n) is 12.2. The van der Waals surface area contributed by atoms with E-state index >= 15 is 0 Å². The van der Waals surface area contributed by atoms with Crippen molar-refractivity contribution >= 4 is 54.3 Å². The minimum absolute atomic E-state index is 0.494. The Kier molecular flexibility index (Phi) is 6.11. The minimum atomic E-state index is 0.494. The molecule has 3 aromatic heterocycles. The Labute approximate surface area is 281 Å². The van der Waals surface area contributed by atoms with Crippen molar-refractivity contribution in [3.8, 4) is 45.4 Å². The zero-order valence-electron chi connectivity index (χ0n) is 26.2. The molecule has 0 N–H and O–H groups in total. The third-order valence-electron chi connectivity index (χ3n) is 9.38. The number of aromatic nitrogens is 4. The number of benzene rings is 7. The number of rotatable bonds is 4. The fourth-order valence-corrected chi connectivity index (χ4v) is 7.12. The Morgan fingerprint density at radius 1 is 0.408 bits per heavy atom. The van der Waals surface area contributed by atoms with Crippen LogP contribution in [0.25, 0.3) is 99.7 Å². The zero-order valence-corrected chi connectivity index (χ0v) is 26.2. The molecule has 0 aliphatic carbocycles. The lowest BCUT2D eigenvalue weighted by Gasteiger charge is -2.13. The van der Waals surface area contributed by atoms with E-state index in [-0.39, 0.29) is 0 Å². The highest BCUT2D eigenvalue weighted by molar-refractivity contribution is 6.23. The van der Waals surface area contributed by atoms with E-state index in [1.807, 2.05) is 66.7 Å². The van der Waals surface area contributed by atoms with Gasteiger partial charge in [-0.05, 0) is 50.0 Å². The van der Waals surface area contributed by atoms with Crippen molar-refractivity contribution < 1.29 is 4.42 Å². The molecule has 0 aliphatic rings. The van der Waals surface area contributed by atoms with Crippen LogP contribution in [0.2, 0.25) is 0 Å². The summed E-state index contributed by atoms with van der Waals surface area (Å²) in [4.78, 5) is 19.8. The molecule has 0 spiro atoms. The van der Waals surface area contributed by atoms with Crippen LogP contribution in [0, 0.1) is 0 Å². The number of nitrogens with zero attached hydrogens (tertiary/aromatic N) is 4. The number of fused-ring (bicyclic) bond motifs is 8. The van der Waals surface area contributed by atoms with Crippen LogP contribution < -0.4 is 0 Å². The van der Waals surface area contributed by atoms with E-state index in [1.165, 1.54) is 32.3 Å². The maximum absolute atomic E-state index is 6.77. The van der Waals surface area contributed by atoms with E-state index in [0.29, 0.717) is 23.2 Å². The van der Waals surface area contributed by atoms with E-state index < -0.39 is 0 Å². The number of furan rings is 1. The average Bonchev–Trinajstić information content (AvgIpc) is 3.57. The highest BCUT2D eigenvalue weighted by Gasteiger charge is 2.21. The number of hydrogen-bond acceptors (Lipinski definition) is 5. The van der Waals surface area contributed by atoms with Gasteiger partial charge in [0.25, 0.3) is 0 Å². The Morgan fingerprint density at radius 2 is 1.02 bits per heavy atom. The van der Waals surface area contributed by atoms with Crippen molar-refractivity contribution in [3.05, 3.63) is 158 Å². The first-order valence-corrected chi connectivity index (χ1v) is 16.3. The molecule has 228 valence electrons. The largest absolute Gasteiger partial charge is 0.455 e. The van der Waals surface area contributed by atoms with E-state index in [2.05, 4.69) is 84.9 Å². The summed E-state index contributed by atoms with van der Waals surface area (Å²) in [5.41, 5.74) is 6.14. The van der Waals surface area contributed by atoms with Crippen LogP contribution in [0.4, 0.5) is 0 Å². The van der Waals surface area contributed by atoms with Crippen molar-refractivity contribution in [2.24, 2.45) is 0 Å². The lowest BCUT2D eigenvalue weighted by Crippen LogP contribution is -2.01. The summed E-state index contributed by atoms with van der Waals surface area (Å²) < 4.78 is 6.77. The highest BCUT2D eigenvalue weighted by Crippen LogP contribution is 2.43. The molecule has 0 atom stereocenters. The van der Waals surface area contributed by atoms with Gasteiger partial charge in [0, 0.05) is 28.3 Å². The maximum Gasteiger partial charge on any atom is 0.183 e. The number of pyridine rings is 1. The van der Waals surface area contributed by atoms with Crippen LogP contribution in [0.5, 0.6) is 0 Å². The molecule has 0 saturated heterocycles. The van der Waals surface area contributed by atoms with Gasteiger partial charge < -0.3 is 4.42 Å². The van der Waals surface area contributed by atoms with E-state index in [1.54, 1.807) is 6.20 Å². The molecule has 0 fully saturated rings. The summed E-state index contributed by atoms with van der Waals surface area (Å²) in [6, 6.07) is 52.3. The molecule has 7 aromatic carbocycles. The standard InChI is InChI=1S/C44H26N4O/c1-3-13-28(14-4-1)42-46-43(29-15-5-2-6-16-29)48-44(47-42)40-39-35-21-11-20-34(41(35)49-38(39)24-25-45-40)37-26-36-30-17-8-7-12-27(30)22-23-33(36)31-18-9-10-19-32(31)37/h1-26H. The van der Waals surface area contributed by atoms with Crippen LogP contribution in [-0.4, -0.2) is 19.9 Å². The summed E-state index contributed by atoms with van der Waals surface area (Å²) in [7, 11) is 0. The van der Waals surface area contributed by atoms with E-state index in [0.717, 1.165) is 44.2 Å². The van der Waals surface area contributed by atoms with Crippen molar-refractivity contribution in [1.82, 2.24) is 19.9 Å². The molecule has 5 heteroatoms. The Bertz CT molecular complexity index is 2820. The zero-order chi connectivity index (χ0) is 32.3. The average molecular weight is 627 g/mol. The van der Waals surface area contributed by atoms with E-state index in [4.69, 9.17) is 24.4 Å². The van der Waals surface area contributed by atoms with Gasteiger partial charge in [-0.15, -0.1) is 0 Å². The molecule has 0 amide bonds. The molecule has 0 aliphatic heterocycles. The van der Waals surface area contributed by atoms with Crippen LogP contribution >= 0.6 is 0 Å². The summed E-state index contributed by atoms with van der Waals surface area (Å²) >= 11 is 0. The third kappa shape index (κ3) is 4.40. The fraction of sp³-hybridized carbons (Fsp3) is 0. The van der Waals surface area contributed by atoms with E-state index in [9.17, 15) is 0 Å². The van der Waals surface area contributed by atoms with Gasteiger partial charge in [0.1, 0.15) is 16.9 Å². The molecule has 5 nitrogen and oxygen atoms in total. The predicted octanol–water partition coefficient (Wildman–Crippen LogP) is 11.3. The fourth-order valence-electron chi connectivity index (χ4n) is 7.12. The summed E-state index contributed by atoms with van der Waals surface area (Å²) in [5.74, 6) is 1.67. The van der Waals surface area contributed by atoms with Crippen molar-refractivity contribution in [1.29, 1.82) is 0 Å². The van der Waals surface area contributed by atoms with Gasteiger partial charge in [0.15, 0.2) is 17.5 Å². The maximum atomic E-state index is 6.77. The van der Waals surface area contributed by atoms with Crippen molar-refractivity contribution in [2.75, 3.05) is 0 Å². The molecule has 3 heterocycles. The Hall–Kier alpha value is -6.72. The number of para-hydroxylation sites is 1. The molecule has 0 radical (unpaired) electrons. The lowest BCUT2D eigenvalue weighted by molar-refractivity contribution is 0.669. The van der Waals surface area contributed by atoms with Crippen LogP contribution in [0.3, 0.4) is 0 Å². The Balaban J connectivity index is 1.24. The third-order valence-corrected chi connectivity index (χ3v) is 9.38. The minimum Gasteiger partial charge on any atom is -0.455 e. The molecular weight excluding hydrogens is 601 g/mol. The first kappa shape index (κ1) is 27.4. The normalized spacial score (nSPS) is 11.7. The SMILES string of the molecule is c1ccc(-c2nc(-c3ccccc3)nc(-c3nccc4oc5c(-c6cc7c8ccccc8ccc7c7ccccc67)cccc5c34)n2)cc1. The van der Waals surface area contributed by atoms with Gasteiger partial charge in [-0.1, -0.05) is 140 Å². The predicted molar refractivity (Wildman–Crippen MR) is 199 cm³/mol. The summed E-state index contributed by atoms with van der Waals surface area (Å²) in [6.07, 6.45) is 1.77. The molecule has 0 bridgehead atoms. The molecule has 49 heavy (non-hydrogen) atoms. The lowest BCUT2D eigenvalue weighted by atomic mass is 9.90. The second-order valence-corrected chi connectivity index (χ2v) is 12.2. The van der Waals surface area contributed by atoms with Gasteiger partial charge in [-0.25, -0.2) is 15.0 Å². The first-order chi connectivity index (χ1) is 24.3. The van der Waals surface area contributed by atoms with Crippen molar-refractivity contribution in [3.63, 3.8) is 0 Å². The van der Waals surface area contributed by atoms with Crippen LogP contribution in [0.15, 0.2) is 162 Å². The quantitative estimate of drug-likeness (QED) is 0.182. The number of hydrogen-bond donors (Lipinski definition) is 0. The monoisotopic (exact) mass is 626 g/mol. The topological polar surface area (TPSA) is 64.7 Å². The van der Waals surface area contributed by atoms with Gasteiger partial charge in [-0.3, -0.25) is 4.98 Å². The van der Waals surface area contributed by atoms with Crippen molar-refractivity contribution in [2.45, 2.75) is 0 Å². The molecule has 0 unspecified atom stereocenters. The van der Waals surface area contributed by atoms with Gasteiger partial charge >= 0.3 is 0 Å². The summed E-state index contributed by atoms with van der Waals surface area (Å²) in [5, 5.41) is 9.12. The molecule has 10 rings (SSSR count). The van der Waals surface area contributed by atoms with Gasteiger partial charge in [0.05, 0.1) is 5.39 Å². The highest BCUT2D eigenvalue weighted by atomic mass is 16.3. The first-order valence-electron chi connectivity index (χ1n) is 16.3. The molecular formula is C44H26N4O. The van der Waals surface area contributed by atoms with Crippen LogP contribution in [-0.2, 0) is 0 Å². The smallest absolute Gasteiger partial charge is 0.183 e. The van der Waals surface area contributed by atoms with Gasteiger partial charge in [-0.2, -0.15) is 0 Å². The van der Waals surface area contributed by atoms with Gasteiger partial charge in [0.2, 0.25) is 0 Å². The molecule has 10 aromatic rings. The Morgan fingerprint density at radius 3 is 1.78 bits per heavy atom. The molecule has 0 saturated carbocycles. The summed E-state index contributed by atoms with van der Waals surface area (Å²) in [6.45, 7) is 0.